The second kappa shape index (κ2) is 9.03. The van der Waals surface area contributed by atoms with Crippen LogP contribution in [0.25, 0.3) is 5.69 Å². The number of ether oxygens (including phenoxy) is 2. The van der Waals surface area contributed by atoms with Gasteiger partial charge in [-0.15, -0.1) is 0 Å². The van der Waals surface area contributed by atoms with Crippen LogP contribution in [-0.4, -0.2) is 43.3 Å². The lowest BCUT2D eigenvalue weighted by Gasteiger charge is -2.07. The summed E-state index contributed by atoms with van der Waals surface area (Å²) in [6.45, 7) is 7.63. The molecule has 5 nitrogen and oxygen atoms in total. The van der Waals surface area contributed by atoms with Crippen molar-refractivity contribution in [3.63, 3.8) is 0 Å². The van der Waals surface area contributed by atoms with Gasteiger partial charge in [-0.25, -0.2) is 4.68 Å². The third kappa shape index (κ3) is 5.04. The van der Waals surface area contributed by atoms with E-state index in [1.807, 2.05) is 35.9 Å². The quantitative estimate of drug-likeness (QED) is 0.715. The minimum Gasteiger partial charge on any atom is -0.382 e. The fourth-order valence-corrected chi connectivity index (χ4v) is 2.49. The molecule has 1 aromatic heterocycles. The van der Waals surface area contributed by atoms with Gasteiger partial charge in [0.2, 0.25) is 0 Å². The van der Waals surface area contributed by atoms with Crippen molar-refractivity contribution in [1.29, 1.82) is 0 Å². The van der Waals surface area contributed by atoms with Gasteiger partial charge in [-0.1, -0.05) is 11.6 Å². The molecule has 2 aromatic rings. The van der Waals surface area contributed by atoms with E-state index in [9.17, 15) is 0 Å². The Morgan fingerprint density at radius 3 is 2.57 bits per heavy atom. The molecular formula is C17H24ClN3O2. The highest BCUT2D eigenvalue weighted by atomic mass is 35.5. The van der Waals surface area contributed by atoms with E-state index in [4.69, 9.17) is 21.1 Å². The first-order valence-corrected chi connectivity index (χ1v) is 8.09. The number of nitrogens with zero attached hydrogens (tertiary/aromatic N) is 2. The fraction of sp³-hybridized carbons (Fsp3) is 0.471. The first-order valence-electron chi connectivity index (χ1n) is 7.72. The van der Waals surface area contributed by atoms with Crippen molar-refractivity contribution in [2.75, 3.05) is 33.5 Å². The zero-order valence-electron chi connectivity index (χ0n) is 13.9. The predicted octanol–water partition coefficient (Wildman–Crippen LogP) is 2.90. The molecule has 0 bridgehead atoms. The lowest BCUT2D eigenvalue weighted by atomic mass is 10.2. The monoisotopic (exact) mass is 337 g/mol. The number of hydrogen-bond donors (Lipinski definition) is 1. The first-order chi connectivity index (χ1) is 11.1. The molecule has 0 saturated carbocycles. The molecule has 6 heteroatoms. The molecule has 0 fully saturated rings. The molecular weight excluding hydrogens is 314 g/mol. The van der Waals surface area contributed by atoms with Gasteiger partial charge >= 0.3 is 0 Å². The maximum Gasteiger partial charge on any atom is 0.0700 e. The van der Waals surface area contributed by atoms with Crippen LogP contribution < -0.4 is 5.32 Å². The van der Waals surface area contributed by atoms with Gasteiger partial charge < -0.3 is 14.8 Å². The normalized spacial score (nSPS) is 11.1. The van der Waals surface area contributed by atoms with Crippen LogP contribution >= 0.6 is 11.6 Å². The van der Waals surface area contributed by atoms with Crippen molar-refractivity contribution < 1.29 is 9.47 Å². The van der Waals surface area contributed by atoms with Crippen LogP contribution in [0.4, 0.5) is 0 Å². The van der Waals surface area contributed by atoms with Crippen LogP contribution in [0, 0.1) is 13.8 Å². The van der Waals surface area contributed by atoms with E-state index in [1.54, 1.807) is 7.11 Å². The Labute approximate surface area is 142 Å². The predicted molar refractivity (Wildman–Crippen MR) is 92.4 cm³/mol. The van der Waals surface area contributed by atoms with Gasteiger partial charge in [0.05, 0.1) is 31.2 Å². The molecule has 0 radical (unpaired) electrons. The molecule has 0 spiro atoms. The second-order valence-electron chi connectivity index (χ2n) is 5.32. The summed E-state index contributed by atoms with van der Waals surface area (Å²) in [4.78, 5) is 0. The Morgan fingerprint density at radius 1 is 1.13 bits per heavy atom. The minimum atomic E-state index is 0.630. The van der Waals surface area contributed by atoms with Crippen LogP contribution in [0.3, 0.4) is 0 Å². The molecule has 0 amide bonds. The summed E-state index contributed by atoms with van der Waals surface area (Å²) in [7, 11) is 1.67. The first kappa shape index (κ1) is 17.9. The Hall–Kier alpha value is -1.40. The maximum atomic E-state index is 5.95. The number of hydrogen-bond acceptors (Lipinski definition) is 4. The highest BCUT2D eigenvalue weighted by Crippen LogP contribution is 2.19. The smallest absolute Gasteiger partial charge is 0.0700 e. The average Bonchev–Trinajstić information content (AvgIpc) is 2.82. The number of nitrogens with one attached hydrogen (secondary N) is 1. The van der Waals surface area contributed by atoms with E-state index >= 15 is 0 Å². The Balaban J connectivity index is 1.92. The molecule has 0 aliphatic rings. The molecule has 0 unspecified atom stereocenters. The van der Waals surface area contributed by atoms with Crippen LogP contribution in [0.1, 0.15) is 17.0 Å². The Kier molecular flexibility index (Phi) is 7.05. The molecule has 1 heterocycles. The largest absolute Gasteiger partial charge is 0.382 e. The third-order valence-corrected chi connectivity index (χ3v) is 3.92. The van der Waals surface area contributed by atoms with Crippen LogP contribution in [-0.2, 0) is 16.0 Å². The average molecular weight is 338 g/mol. The van der Waals surface area contributed by atoms with E-state index in [0.717, 1.165) is 35.2 Å². The highest BCUT2D eigenvalue weighted by molar-refractivity contribution is 6.30. The zero-order valence-corrected chi connectivity index (χ0v) is 14.7. The third-order valence-electron chi connectivity index (χ3n) is 3.67. The lowest BCUT2D eigenvalue weighted by Crippen LogP contribution is -2.20. The summed E-state index contributed by atoms with van der Waals surface area (Å²) in [5.74, 6) is 0. The van der Waals surface area contributed by atoms with Gasteiger partial charge in [-0.05, 0) is 38.1 Å². The number of benzene rings is 1. The van der Waals surface area contributed by atoms with Crippen molar-refractivity contribution in [3.8, 4) is 5.69 Å². The summed E-state index contributed by atoms with van der Waals surface area (Å²) in [6, 6.07) is 7.70. The van der Waals surface area contributed by atoms with E-state index in [1.165, 1.54) is 5.56 Å². The molecule has 1 N–H and O–H groups in total. The van der Waals surface area contributed by atoms with Crippen molar-refractivity contribution in [1.82, 2.24) is 15.1 Å². The number of aryl methyl sites for hydroxylation is 1. The molecule has 2 rings (SSSR count). The van der Waals surface area contributed by atoms with E-state index in [-0.39, 0.29) is 0 Å². The summed E-state index contributed by atoms with van der Waals surface area (Å²) in [6.07, 6.45) is 0. The summed E-state index contributed by atoms with van der Waals surface area (Å²) in [5, 5.41) is 8.76. The van der Waals surface area contributed by atoms with Crippen molar-refractivity contribution in [2.45, 2.75) is 20.4 Å². The minimum absolute atomic E-state index is 0.630. The lowest BCUT2D eigenvalue weighted by molar-refractivity contribution is 0.0719. The molecule has 0 aliphatic carbocycles. The van der Waals surface area contributed by atoms with Gasteiger partial charge in [0, 0.05) is 36.5 Å². The van der Waals surface area contributed by atoms with Gasteiger partial charge in [0.1, 0.15) is 0 Å². The summed E-state index contributed by atoms with van der Waals surface area (Å²) < 4.78 is 12.3. The maximum absolute atomic E-state index is 5.95. The topological polar surface area (TPSA) is 48.3 Å². The molecule has 0 aliphatic heterocycles. The summed E-state index contributed by atoms with van der Waals surface area (Å²) in [5.41, 5.74) is 4.41. The number of halogens is 1. The standard InChI is InChI=1S/C17H24ClN3O2/c1-13-17(12-19-8-9-23-11-10-22-3)14(2)21(20-13)16-6-4-15(18)5-7-16/h4-7,19H,8-12H2,1-3H3. The SMILES string of the molecule is COCCOCCNCc1c(C)nn(-c2ccc(Cl)cc2)c1C. The number of aromatic nitrogens is 2. The van der Waals surface area contributed by atoms with Crippen molar-refractivity contribution >= 4 is 11.6 Å². The van der Waals surface area contributed by atoms with E-state index in [0.29, 0.717) is 19.8 Å². The Morgan fingerprint density at radius 2 is 1.87 bits per heavy atom. The van der Waals surface area contributed by atoms with Gasteiger partial charge in [-0.2, -0.15) is 5.10 Å². The van der Waals surface area contributed by atoms with Crippen LogP contribution in [0.5, 0.6) is 0 Å². The van der Waals surface area contributed by atoms with Gasteiger partial charge in [0.25, 0.3) is 0 Å². The van der Waals surface area contributed by atoms with E-state index < -0.39 is 0 Å². The molecule has 0 atom stereocenters. The van der Waals surface area contributed by atoms with Crippen molar-refractivity contribution in [3.05, 3.63) is 46.2 Å². The summed E-state index contributed by atoms with van der Waals surface area (Å²) >= 11 is 5.95. The van der Waals surface area contributed by atoms with Crippen LogP contribution in [0.2, 0.25) is 5.02 Å². The second-order valence-corrected chi connectivity index (χ2v) is 5.76. The van der Waals surface area contributed by atoms with Crippen LogP contribution in [0.15, 0.2) is 24.3 Å². The van der Waals surface area contributed by atoms with Gasteiger partial charge in [0.15, 0.2) is 0 Å². The van der Waals surface area contributed by atoms with Crippen molar-refractivity contribution in [2.24, 2.45) is 0 Å². The Bertz CT molecular complexity index is 611. The molecule has 23 heavy (non-hydrogen) atoms. The van der Waals surface area contributed by atoms with E-state index in [2.05, 4.69) is 17.3 Å². The fourth-order valence-electron chi connectivity index (χ4n) is 2.37. The highest BCUT2D eigenvalue weighted by Gasteiger charge is 2.12. The van der Waals surface area contributed by atoms with Gasteiger partial charge in [-0.3, -0.25) is 0 Å². The zero-order chi connectivity index (χ0) is 16.7. The number of methoxy groups -OCH3 is 1. The molecule has 126 valence electrons. The number of rotatable bonds is 9. The molecule has 0 saturated heterocycles. The molecule has 1 aromatic carbocycles.